The molecule has 0 aromatic heterocycles. The molecule has 0 unspecified atom stereocenters. The lowest BCUT2D eigenvalue weighted by Crippen LogP contribution is -2.44. The largest absolute Gasteiger partial charge is 0.335 e. The van der Waals surface area contributed by atoms with Gasteiger partial charge in [0.2, 0.25) is 15.9 Å². The van der Waals surface area contributed by atoms with Gasteiger partial charge in [-0.2, -0.15) is 4.31 Å². The minimum atomic E-state index is -3.52. The average molecular weight is 377 g/mol. The molecule has 1 amide bonds. The summed E-state index contributed by atoms with van der Waals surface area (Å²) < 4.78 is 27.2. The normalized spacial score (nSPS) is 16.2. The molecule has 0 radical (unpaired) electrons. The van der Waals surface area contributed by atoms with Crippen molar-refractivity contribution >= 4 is 15.9 Å². The third kappa shape index (κ3) is 4.43. The van der Waals surface area contributed by atoms with Gasteiger partial charge < -0.3 is 4.90 Å². The quantitative estimate of drug-likeness (QED) is 0.688. The summed E-state index contributed by atoms with van der Waals surface area (Å²) in [6.07, 6.45) is 4.46. The third-order valence-corrected chi connectivity index (χ3v) is 6.82. The van der Waals surface area contributed by atoms with Crippen molar-refractivity contribution in [1.29, 1.82) is 0 Å². The Morgan fingerprint density at radius 3 is 2.23 bits per heavy atom. The molecular weight excluding hydrogens is 348 g/mol. The molecule has 5 nitrogen and oxygen atoms in total. The summed E-state index contributed by atoms with van der Waals surface area (Å²) >= 11 is 0. The molecule has 26 heavy (non-hydrogen) atoms. The Morgan fingerprint density at radius 1 is 1.15 bits per heavy atom. The number of hydrogen-bond acceptors (Lipinski definition) is 3. The second-order valence-electron chi connectivity index (χ2n) is 6.74. The molecule has 1 aromatic carbocycles. The van der Waals surface area contributed by atoms with Gasteiger partial charge in [-0.3, -0.25) is 4.79 Å². The van der Waals surface area contributed by atoms with E-state index in [-0.39, 0.29) is 11.8 Å². The number of amides is 1. The van der Waals surface area contributed by atoms with Crippen LogP contribution < -0.4 is 0 Å². The molecule has 0 bridgehead atoms. The minimum Gasteiger partial charge on any atom is -0.335 e. The van der Waals surface area contributed by atoms with Gasteiger partial charge in [-0.1, -0.05) is 18.2 Å². The Kier molecular flexibility index (Phi) is 6.78. The molecule has 1 fully saturated rings. The lowest BCUT2D eigenvalue weighted by Gasteiger charge is -2.33. The van der Waals surface area contributed by atoms with Crippen molar-refractivity contribution in [2.45, 2.75) is 31.6 Å². The van der Waals surface area contributed by atoms with Gasteiger partial charge in [0.25, 0.3) is 0 Å². The number of carbonyl (C=O) groups excluding carboxylic acids is 1. The van der Waals surface area contributed by atoms with E-state index in [4.69, 9.17) is 0 Å². The first kappa shape index (κ1) is 20.4. The molecular formula is C20H28N2O3S. The average Bonchev–Trinajstić information content (AvgIpc) is 2.63. The highest BCUT2D eigenvalue weighted by Gasteiger charge is 2.33. The highest BCUT2D eigenvalue weighted by atomic mass is 32.2. The maximum atomic E-state index is 12.9. The molecule has 1 saturated heterocycles. The summed E-state index contributed by atoms with van der Waals surface area (Å²) in [5.41, 5.74) is 2.03. The summed E-state index contributed by atoms with van der Waals surface area (Å²) in [5.74, 6) is -0.103. The van der Waals surface area contributed by atoms with Crippen LogP contribution in [0.4, 0.5) is 0 Å². The van der Waals surface area contributed by atoms with Crippen LogP contribution in [0.25, 0.3) is 0 Å². The zero-order chi connectivity index (χ0) is 19.3. The first-order valence-corrected chi connectivity index (χ1v) is 10.3. The maximum absolute atomic E-state index is 12.9. The van der Waals surface area contributed by atoms with E-state index in [1.54, 1.807) is 29.2 Å². The zero-order valence-corrected chi connectivity index (χ0v) is 16.5. The topological polar surface area (TPSA) is 57.7 Å². The van der Waals surface area contributed by atoms with Crippen LogP contribution in [0, 0.1) is 19.8 Å². The Bertz CT molecular complexity index is 768. The van der Waals surface area contributed by atoms with Crippen molar-refractivity contribution in [1.82, 2.24) is 9.21 Å². The Morgan fingerprint density at radius 2 is 1.73 bits per heavy atom. The molecule has 1 aliphatic rings. The summed E-state index contributed by atoms with van der Waals surface area (Å²) in [5, 5.41) is 0. The monoisotopic (exact) mass is 376 g/mol. The third-order valence-electron chi connectivity index (χ3n) is 4.93. The van der Waals surface area contributed by atoms with Crippen molar-refractivity contribution in [3.8, 4) is 0 Å². The van der Waals surface area contributed by atoms with Crippen LogP contribution in [0.3, 0.4) is 0 Å². The summed E-state index contributed by atoms with van der Waals surface area (Å²) in [4.78, 5) is 14.7. The first-order chi connectivity index (χ1) is 12.3. The van der Waals surface area contributed by atoms with Gasteiger partial charge in [0.05, 0.1) is 4.90 Å². The second kappa shape index (κ2) is 8.64. The zero-order valence-electron chi connectivity index (χ0n) is 15.6. The van der Waals surface area contributed by atoms with Gasteiger partial charge in [0, 0.05) is 32.1 Å². The lowest BCUT2D eigenvalue weighted by atomic mass is 9.96. The molecule has 1 aromatic rings. The fourth-order valence-corrected chi connectivity index (χ4v) is 4.75. The Labute approximate surface area is 157 Å². The molecule has 6 heteroatoms. The van der Waals surface area contributed by atoms with Crippen molar-refractivity contribution < 1.29 is 13.2 Å². The van der Waals surface area contributed by atoms with Crippen molar-refractivity contribution in [2.75, 3.05) is 26.2 Å². The summed E-state index contributed by atoms with van der Waals surface area (Å²) in [6, 6.07) is 5.21. The van der Waals surface area contributed by atoms with E-state index in [0.29, 0.717) is 43.9 Å². The number of carbonyl (C=O) groups is 1. The van der Waals surface area contributed by atoms with Crippen LogP contribution in [0.2, 0.25) is 0 Å². The van der Waals surface area contributed by atoms with Gasteiger partial charge in [-0.25, -0.2) is 8.42 Å². The predicted octanol–water partition coefficient (Wildman–Crippen LogP) is 2.90. The van der Waals surface area contributed by atoms with Crippen LogP contribution >= 0.6 is 0 Å². The Hall–Kier alpha value is -1.92. The van der Waals surface area contributed by atoms with Gasteiger partial charge in [0.15, 0.2) is 0 Å². The van der Waals surface area contributed by atoms with Gasteiger partial charge >= 0.3 is 0 Å². The smallest absolute Gasteiger partial charge is 0.243 e. The number of benzene rings is 1. The van der Waals surface area contributed by atoms with E-state index in [9.17, 15) is 13.2 Å². The van der Waals surface area contributed by atoms with Crippen molar-refractivity contribution in [3.05, 3.63) is 54.6 Å². The molecule has 1 heterocycles. The lowest BCUT2D eigenvalue weighted by molar-refractivity contribution is -0.135. The fraction of sp³-hybridized carbons (Fsp3) is 0.450. The van der Waals surface area contributed by atoms with E-state index in [1.165, 1.54) is 4.31 Å². The maximum Gasteiger partial charge on any atom is 0.243 e. The van der Waals surface area contributed by atoms with Gasteiger partial charge in [-0.15, -0.1) is 13.2 Å². The molecule has 142 valence electrons. The molecule has 0 saturated carbocycles. The number of rotatable bonds is 7. The molecule has 0 N–H and O–H groups in total. The number of piperidine rings is 1. The standard InChI is InChI=1S/C20H28N2O3S/c1-5-11-21(12-6-2)20(23)18-9-13-22(14-10-18)26(24,25)19-8-7-16(3)17(4)15-19/h5-8,15,18H,1-2,9-14H2,3-4H3. The van der Waals surface area contributed by atoms with Crippen LogP contribution in [0.1, 0.15) is 24.0 Å². The van der Waals surface area contributed by atoms with Crippen LogP contribution in [-0.2, 0) is 14.8 Å². The van der Waals surface area contributed by atoms with Crippen molar-refractivity contribution in [3.63, 3.8) is 0 Å². The SMILES string of the molecule is C=CCN(CC=C)C(=O)C1CCN(S(=O)(=O)c2ccc(C)c(C)c2)CC1. The van der Waals surface area contributed by atoms with E-state index >= 15 is 0 Å². The number of aryl methyl sites for hydroxylation is 2. The number of nitrogens with zero attached hydrogens (tertiary/aromatic N) is 2. The molecule has 2 rings (SSSR count). The molecule has 0 atom stereocenters. The second-order valence-corrected chi connectivity index (χ2v) is 8.68. The highest BCUT2D eigenvalue weighted by molar-refractivity contribution is 7.89. The van der Waals surface area contributed by atoms with Crippen LogP contribution in [-0.4, -0.2) is 49.7 Å². The van der Waals surface area contributed by atoms with E-state index < -0.39 is 10.0 Å². The van der Waals surface area contributed by atoms with Crippen molar-refractivity contribution in [2.24, 2.45) is 5.92 Å². The molecule has 0 spiro atoms. The number of sulfonamides is 1. The van der Waals surface area contributed by atoms with Gasteiger partial charge in [-0.05, 0) is 49.9 Å². The number of hydrogen-bond donors (Lipinski definition) is 0. The molecule has 0 aliphatic carbocycles. The molecule has 1 aliphatic heterocycles. The minimum absolute atomic E-state index is 0.0491. The van der Waals surface area contributed by atoms with Crippen LogP contribution in [0.5, 0.6) is 0 Å². The summed E-state index contributed by atoms with van der Waals surface area (Å²) in [7, 11) is -3.52. The predicted molar refractivity (Wildman–Crippen MR) is 104 cm³/mol. The van der Waals surface area contributed by atoms with E-state index in [0.717, 1.165) is 11.1 Å². The Balaban J connectivity index is 2.07. The van der Waals surface area contributed by atoms with Gasteiger partial charge in [0.1, 0.15) is 0 Å². The fourth-order valence-electron chi connectivity index (χ4n) is 3.19. The summed E-state index contributed by atoms with van der Waals surface area (Å²) in [6.45, 7) is 12.9. The van der Waals surface area contributed by atoms with Crippen LogP contribution in [0.15, 0.2) is 48.4 Å². The van der Waals surface area contributed by atoms with E-state index in [1.807, 2.05) is 19.9 Å². The highest BCUT2D eigenvalue weighted by Crippen LogP contribution is 2.26. The van der Waals surface area contributed by atoms with E-state index in [2.05, 4.69) is 13.2 Å². The first-order valence-electron chi connectivity index (χ1n) is 8.89.